The molecule has 3 amide bonds. The summed E-state index contributed by atoms with van der Waals surface area (Å²) in [6.45, 7) is 15.3. The fourth-order valence-corrected chi connectivity index (χ4v) is 9.21. The number of benzene rings is 2. The Balaban J connectivity index is 1.55. The molecular weight excluding hydrogens is 714 g/mol. The number of hydrogen-bond acceptors (Lipinski definition) is 7. The lowest BCUT2D eigenvalue weighted by atomic mass is 9.70. The molecule has 5 rings (SSSR count). The van der Waals surface area contributed by atoms with E-state index in [0.29, 0.717) is 24.8 Å². The summed E-state index contributed by atoms with van der Waals surface area (Å²) in [7, 11) is 0. The van der Waals surface area contributed by atoms with Gasteiger partial charge in [-0.05, 0) is 55.7 Å². The van der Waals surface area contributed by atoms with Crippen molar-refractivity contribution in [3.8, 4) is 0 Å². The highest BCUT2D eigenvalue weighted by Gasteiger charge is 2.77. The van der Waals surface area contributed by atoms with Crippen LogP contribution in [0, 0.1) is 31.6 Å². The Kier molecular flexibility index (Phi) is 12.2. The number of para-hydroxylation sites is 1. The Morgan fingerprint density at radius 2 is 1.80 bits per heavy atom. The second-order valence-corrected chi connectivity index (χ2v) is 15.5. The first-order valence-electron chi connectivity index (χ1n) is 17.8. The molecule has 2 bridgehead atoms. The van der Waals surface area contributed by atoms with Gasteiger partial charge < -0.3 is 29.7 Å². The van der Waals surface area contributed by atoms with Crippen molar-refractivity contribution >= 4 is 45.3 Å². The van der Waals surface area contributed by atoms with Crippen LogP contribution in [0.15, 0.2) is 73.8 Å². The monoisotopic (exact) mass is 763 g/mol. The molecule has 3 aliphatic heterocycles. The lowest BCUT2D eigenvalue weighted by Gasteiger charge is -2.40. The highest BCUT2D eigenvalue weighted by molar-refractivity contribution is 9.09. The summed E-state index contributed by atoms with van der Waals surface area (Å²) in [6, 6.07) is 13.1. The van der Waals surface area contributed by atoms with Crippen LogP contribution >= 0.6 is 15.9 Å². The molecule has 0 radical (unpaired) electrons. The molecule has 0 aromatic heterocycles. The third kappa shape index (κ3) is 7.43. The fourth-order valence-electron chi connectivity index (χ4n) is 8.27. The zero-order valence-corrected chi connectivity index (χ0v) is 31.5. The normalized spacial score (nSPS) is 26.1. The number of nitrogens with one attached hydrogen (secondary N) is 1. The number of nitrogens with zero attached hydrogens (tertiary/aromatic N) is 2. The number of carbonyl (C=O) groups is 4. The summed E-state index contributed by atoms with van der Waals surface area (Å²) in [5.41, 5.74) is 1.81. The number of anilines is 1. The summed E-state index contributed by atoms with van der Waals surface area (Å²) in [5, 5.41) is 13.6. The molecule has 8 atom stereocenters. The van der Waals surface area contributed by atoms with Crippen molar-refractivity contribution < 1.29 is 33.8 Å². The van der Waals surface area contributed by atoms with E-state index in [2.05, 4.69) is 34.4 Å². The van der Waals surface area contributed by atoms with Crippen molar-refractivity contribution in [2.45, 2.75) is 88.1 Å². The first kappa shape index (κ1) is 38.4. The molecule has 1 spiro atoms. The number of likely N-dealkylation sites (tertiary alicyclic amines) is 1. The lowest BCUT2D eigenvalue weighted by molar-refractivity contribution is -0.161. The van der Waals surface area contributed by atoms with Gasteiger partial charge in [-0.25, -0.2) is 0 Å². The number of rotatable bonds is 16. The van der Waals surface area contributed by atoms with Crippen LogP contribution in [0.1, 0.15) is 62.3 Å². The van der Waals surface area contributed by atoms with E-state index >= 15 is 4.79 Å². The molecule has 3 heterocycles. The van der Waals surface area contributed by atoms with Gasteiger partial charge in [0.1, 0.15) is 17.7 Å². The van der Waals surface area contributed by atoms with Crippen LogP contribution in [-0.4, -0.2) is 82.0 Å². The van der Waals surface area contributed by atoms with E-state index < -0.39 is 53.6 Å². The number of aliphatic hydroxyl groups is 1. The van der Waals surface area contributed by atoms with Gasteiger partial charge in [-0.1, -0.05) is 90.5 Å². The van der Waals surface area contributed by atoms with Crippen LogP contribution in [0.3, 0.4) is 0 Å². The number of aliphatic hydroxyl groups excluding tert-OH is 1. The molecule has 2 N–H and O–H groups in total. The Labute approximate surface area is 309 Å². The average Bonchev–Trinajstić information content (AvgIpc) is 3.70. The summed E-state index contributed by atoms with van der Waals surface area (Å²) in [4.78, 5) is 59.8. The van der Waals surface area contributed by atoms with Gasteiger partial charge in [0.15, 0.2) is 0 Å². The van der Waals surface area contributed by atoms with E-state index in [0.717, 1.165) is 16.8 Å². The Hall–Kier alpha value is -3.80. The number of carbonyl (C=O) groups excluding carboxylic acids is 4. The molecule has 274 valence electrons. The number of esters is 1. The maximum atomic E-state index is 15.1. The minimum Gasteiger partial charge on any atom is -0.455 e. The molecule has 2 aromatic rings. The highest BCUT2D eigenvalue weighted by atomic mass is 79.9. The quantitative estimate of drug-likeness (QED) is 0.134. The zero-order valence-electron chi connectivity index (χ0n) is 29.9. The molecular formula is C40H50BrN3O7. The Morgan fingerprint density at radius 3 is 2.41 bits per heavy atom. The van der Waals surface area contributed by atoms with Crippen molar-refractivity contribution in [2.24, 2.45) is 17.8 Å². The number of ether oxygens (including phenoxy) is 2. The molecule has 3 fully saturated rings. The number of aryl methyl sites for hydroxylation is 2. The molecule has 10 nitrogen and oxygen atoms in total. The third-order valence-electron chi connectivity index (χ3n) is 10.4. The van der Waals surface area contributed by atoms with Gasteiger partial charge in [0.2, 0.25) is 11.8 Å². The number of amides is 3. The van der Waals surface area contributed by atoms with Crippen molar-refractivity contribution in [3.63, 3.8) is 0 Å². The van der Waals surface area contributed by atoms with E-state index in [9.17, 15) is 19.5 Å². The third-order valence-corrected chi connectivity index (χ3v) is 11.2. The smallest absolute Gasteiger partial charge is 0.313 e. The lowest BCUT2D eigenvalue weighted by Crippen LogP contribution is -2.59. The fraction of sp³-hybridized carbons (Fsp3) is 0.500. The van der Waals surface area contributed by atoms with Gasteiger partial charge in [-0.2, -0.15) is 0 Å². The summed E-state index contributed by atoms with van der Waals surface area (Å²) >= 11 is 3.75. The maximum Gasteiger partial charge on any atom is 0.313 e. The van der Waals surface area contributed by atoms with Crippen LogP contribution in [0.4, 0.5) is 5.69 Å². The van der Waals surface area contributed by atoms with E-state index in [1.165, 1.54) is 4.90 Å². The first-order valence-corrected chi connectivity index (χ1v) is 18.7. The maximum absolute atomic E-state index is 15.1. The summed E-state index contributed by atoms with van der Waals surface area (Å²) < 4.78 is 13.0. The van der Waals surface area contributed by atoms with Gasteiger partial charge in [0, 0.05) is 23.5 Å². The van der Waals surface area contributed by atoms with Gasteiger partial charge in [0.25, 0.3) is 5.91 Å². The van der Waals surface area contributed by atoms with Crippen LogP contribution in [0.25, 0.3) is 0 Å². The highest BCUT2D eigenvalue weighted by Crippen LogP contribution is 2.61. The first-order chi connectivity index (χ1) is 24.4. The molecule has 11 heteroatoms. The largest absolute Gasteiger partial charge is 0.455 e. The number of halogens is 1. The number of fused-ring (bicyclic) bond motifs is 1. The van der Waals surface area contributed by atoms with Crippen molar-refractivity contribution in [1.82, 2.24) is 10.2 Å². The van der Waals surface area contributed by atoms with Crippen LogP contribution in [0.5, 0.6) is 0 Å². The van der Waals surface area contributed by atoms with Crippen molar-refractivity contribution in [3.05, 3.63) is 90.5 Å². The number of alkyl halides is 1. The van der Waals surface area contributed by atoms with Gasteiger partial charge >= 0.3 is 5.97 Å². The van der Waals surface area contributed by atoms with Gasteiger partial charge in [-0.3, -0.25) is 19.2 Å². The standard InChI is InChI=1S/C40H50BrN3O7/c1-7-9-18-31(46)42-22-30(27-16-11-10-12-17-27)50-39(49)32-33-37(47)44(28(23-45)20-24(3)4)36(40(33)21-29(41)35(32)51-40)38(48)43(19-8-2)34-25(5)14-13-15-26(34)6/h7-8,10-17,24,28-30,32-33,35-36,45H,1-2,9,18-23H2,3-6H3,(H,42,46)/t28-,29?,30+,32-,33+,35-,36-,40+/m1/s1. The molecule has 0 aliphatic carbocycles. The Morgan fingerprint density at radius 1 is 1.12 bits per heavy atom. The molecule has 51 heavy (non-hydrogen) atoms. The van der Waals surface area contributed by atoms with E-state index in [-0.39, 0.29) is 48.7 Å². The molecule has 1 unspecified atom stereocenters. The van der Waals surface area contributed by atoms with Crippen LogP contribution in [-0.2, 0) is 28.7 Å². The van der Waals surface area contributed by atoms with Gasteiger partial charge in [0.05, 0.1) is 37.1 Å². The molecule has 2 aromatic carbocycles. The van der Waals surface area contributed by atoms with Crippen LogP contribution < -0.4 is 10.2 Å². The van der Waals surface area contributed by atoms with E-state index in [1.54, 1.807) is 17.1 Å². The van der Waals surface area contributed by atoms with E-state index in [1.807, 2.05) is 76.2 Å². The average molecular weight is 765 g/mol. The topological polar surface area (TPSA) is 125 Å². The molecule has 3 saturated heterocycles. The van der Waals surface area contributed by atoms with Crippen LogP contribution in [0.2, 0.25) is 0 Å². The summed E-state index contributed by atoms with van der Waals surface area (Å²) in [5.74, 6) is -3.58. The predicted octanol–water partition coefficient (Wildman–Crippen LogP) is 5.34. The van der Waals surface area contributed by atoms with Crippen molar-refractivity contribution in [1.29, 1.82) is 0 Å². The minimum atomic E-state index is -1.36. The Bertz CT molecular complexity index is 1610. The second kappa shape index (κ2) is 16.3. The predicted molar refractivity (Wildman–Crippen MR) is 199 cm³/mol. The van der Waals surface area contributed by atoms with Crippen molar-refractivity contribution in [2.75, 3.05) is 24.6 Å². The second-order valence-electron chi connectivity index (χ2n) is 14.3. The minimum absolute atomic E-state index is 0.0337. The van der Waals surface area contributed by atoms with Gasteiger partial charge in [-0.15, -0.1) is 13.2 Å². The van der Waals surface area contributed by atoms with E-state index in [4.69, 9.17) is 9.47 Å². The number of allylic oxidation sites excluding steroid dienone is 1. The number of hydrogen-bond donors (Lipinski definition) is 2. The summed E-state index contributed by atoms with van der Waals surface area (Å²) in [6.07, 6.45) is 3.25. The zero-order chi connectivity index (χ0) is 37.0. The SMILES string of the molecule is C=CCCC(=O)NC[C@H](OC(=O)[C@H]1[C@@H]2O[C@@]3(CC2Br)[C@@H]1C(=O)N([C@@H](CO)CC(C)C)[C@@H]3C(=O)N(CC=C)c1c(C)cccc1C)c1ccccc1. The molecule has 0 saturated carbocycles. The molecule has 3 aliphatic rings.